The van der Waals surface area contributed by atoms with E-state index in [0.717, 1.165) is 0 Å². The van der Waals surface area contributed by atoms with Crippen LogP contribution in [0.15, 0.2) is 0 Å². The number of rotatable bonds is 5. The predicted molar refractivity (Wildman–Crippen MR) is 60.3 cm³/mol. The molecule has 0 saturated heterocycles. The van der Waals surface area contributed by atoms with E-state index in [1.165, 1.54) is 0 Å². The van der Waals surface area contributed by atoms with Crippen molar-refractivity contribution in [1.29, 1.82) is 0 Å². The molecule has 0 heterocycles. The van der Waals surface area contributed by atoms with Crippen LogP contribution >= 0.6 is 0 Å². The summed E-state index contributed by atoms with van der Waals surface area (Å²) in [5.41, 5.74) is -0.701. The zero-order valence-electron chi connectivity index (χ0n) is 11.0. The lowest BCUT2D eigenvalue weighted by Gasteiger charge is -2.22. The molecule has 0 aromatic carbocycles. The Hall–Kier alpha value is -0.910. The molecule has 17 heavy (non-hydrogen) atoms. The Morgan fingerprint density at radius 2 is 1.82 bits per heavy atom. The van der Waals surface area contributed by atoms with Crippen molar-refractivity contribution in [2.24, 2.45) is 0 Å². The Bertz CT molecular complexity index is 250. The highest BCUT2D eigenvalue weighted by Gasteiger charge is 2.31. The summed E-state index contributed by atoms with van der Waals surface area (Å²) in [6, 6.07) is 0. The van der Waals surface area contributed by atoms with Gasteiger partial charge in [-0.2, -0.15) is 0 Å². The smallest absolute Gasteiger partial charge is 0.407 e. The van der Waals surface area contributed by atoms with E-state index < -0.39 is 30.8 Å². The lowest BCUT2D eigenvalue weighted by molar-refractivity contribution is -0.0900. The second-order valence-electron chi connectivity index (χ2n) is 5.07. The molecule has 0 fully saturated rings. The Kier molecular flexibility index (Phi) is 5.81. The van der Waals surface area contributed by atoms with Gasteiger partial charge in [0.2, 0.25) is 0 Å². The van der Waals surface area contributed by atoms with Gasteiger partial charge in [-0.15, -0.1) is 0 Å². The van der Waals surface area contributed by atoms with Crippen LogP contribution in [0.25, 0.3) is 0 Å². The average Bonchev–Trinajstić information content (AvgIpc) is 2.09. The topological polar surface area (TPSA) is 47.6 Å². The van der Waals surface area contributed by atoms with Crippen molar-refractivity contribution in [3.05, 3.63) is 0 Å². The molecule has 0 aliphatic rings. The number of hydrogen-bond donors (Lipinski definition) is 1. The molecule has 6 heteroatoms. The minimum absolute atomic E-state index is 0.276. The van der Waals surface area contributed by atoms with Gasteiger partial charge < -0.3 is 14.8 Å². The standard InChI is InChI=1S/C11H21F2NO3/c1-8(2)16-7-11(12,13)6-14-9(15)17-10(3,4)5/h8H,6-7H2,1-5H3,(H,14,15). The lowest BCUT2D eigenvalue weighted by Crippen LogP contribution is -2.42. The molecule has 0 aliphatic carbocycles. The Morgan fingerprint density at radius 1 is 1.29 bits per heavy atom. The van der Waals surface area contributed by atoms with Crippen molar-refractivity contribution in [2.45, 2.75) is 52.2 Å². The van der Waals surface area contributed by atoms with Crippen LogP contribution < -0.4 is 5.32 Å². The molecule has 0 atom stereocenters. The number of carbonyl (C=O) groups excluding carboxylic acids is 1. The summed E-state index contributed by atoms with van der Waals surface area (Å²) < 4.78 is 36.0. The van der Waals surface area contributed by atoms with Crippen LogP contribution in [0.3, 0.4) is 0 Å². The van der Waals surface area contributed by atoms with E-state index in [1.807, 2.05) is 5.32 Å². The fraction of sp³-hybridized carbons (Fsp3) is 0.909. The third kappa shape index (κ3) is 9.99. The van der Waals surface area contributed by atoms with Crippen LogP contribution in [0, 0.1) is 0 Å². The summed E-state index contributed by atoms with van der Waals surface area (Å²) in [5.74, 6) is -3.10. The number of alkyl halides is 2. The molecule has 0 aliphatic heterocycles. The summed E-state index contributed by atoms with van der Waals surface area (Å²) >= 11 is 0. The SMILES string of the molecule is CC(C)OCC(F)(F)CNC(=O)OC(C)(C)C. The molecule has 0 aromatic rings. The molecule has 0 spiro atoms. The maximum Gasteiger partial charge on any atom is 0.407 e. The number of ether oxygens (including phenoxy) is 2. The van der Waals surface area contributed by atoms with Crippen molar-refractivity contribution in [3.63, 3.8) is 0 Å². The predicted octanol–water partition coefficient (Wildman–Crippen LogP) is 2.57. The van der Waals surface area contributed by atoms with E-state index in [-0.39, 0.29) is 6.10 Å². The van der Waals surface area contributed by atoms with Crippen LogP contribution in [-0.4, -0.2) is 36.9 Å². The minimum atomic E-state index is -3.10. The lowest BCUT2D eigenvalue weighted by atomic mass is 10.2. The molecule has 0 saturated carbocycles. The van der Waals surface area contributed by atoms with Crippen LogP contribution in [0.5, 0.6) is 0 Å². The molecule has 102 valence electrons. The fourth-order valence-corrected chi connectivity index (χ4v) is 0.855. The van der Waals surface area contributed by atoms with Crippen LogP contribution in [0.2, 0.25) is 0 Å². The van der Waals surface area contributed by atoms with Gasteiger partial charge in [-0.25, -0.2) is 13.6 Å². The van der Waals surface area contributed by atoms with Crippen LogP contribution in [-0.2, 0) is 9.47 Å². The monoisotopic (exact) mass is 253 g/mol. The summed E-state index contributed by atoms with van der Waals surface area (Å²) in [5, 5.41) is 2.01. The number of amides is 1. The van der Waals surface area contributed by atoms with Crippen molar-refractivity contribution in [3.8, 4) is 0 Å². The first-order valence-electron chi connectivity index (χ1n) is 5.48. The highest BCUT2D eigenvalue weighted by atomic mass is 19.3. The van der Waals surface area contributed by atoms with E-state index in [9.17, 15) is 13.6 Å². The summed E-state index contributed by atoms with van der Waals surface area (Å²) in [6.07, 6.45) is -1.14. The second kappa shape index (κ2) is 6.14. The number of nitrogens with one attached hydrogen (secondary N) is 1. The Balaban J connectivity index is 3.96. The zero-order valence-corrected chi connectivity index (χ0v) is 11.0. The quantitative estimate of drug-likeness (QED) is 0.819. The van der Waals surface area contributed by atoms with Gasteiger partial charge in [0.05, 0.1) is 12.6 Å². The molecule has 0 bridgehead atoms. The van der Waals surface area contributed by atoms with Gasteiger partial charge in [0.1, 0.15) is 12.2 Å². The van der Waals surface area contributed by atoms with E-state index in [1.54, 1.807) is 34.6 Å². The average molecular weight is 253 g/mol. The third-order valence-electron chi connectivity index (χ3n) is 1.52. The Morgan fingerprint density at radius 3 is 2.24 bits per heavy atom. The van der Waals surface area contributed by atoms with E-state index in [2.05, 4.69) is 0 Å². The Labute approximate surface area is 101 Å². The highest BCUT2D eigenvalue weighted by molar-refractivity contribution is 5.67. The number of alkyl carbamates (subject to hydrolysis) is 1. The van der Waals surface area contributed by atoms with E-state index in [4.69, 9.17) is 9.47 Å². The molecular weight excluding hydrogens is 232 g/mol. The molecule has 0 unspecified atom stereocenters. The highest BCUT2D eigenvalue weighted by Crippen LogP contribution is 2.14. The largest absolute Gasteiger partial charge is 0.444 e. The van der Waals surface area contributed by atoms with Crippen molar-refractivity contribution in [2.75, 3.05) is 13.2 Å². The molecule has 0 aromatic heterocycles. The van der Waals surface area contributed by atoms with Gasteiger partial charge in [-0.05, 0) is 34.6 Å². The zero-order chi connectivity index (χ0) is 13.7. The number of hydrogen-bond acceptors (Lipinski definition) is 3. The molecule has 4 nitrogen and oxygen atoms in total. The summed E-state index contributed by atoms with van der Waals surface area (Å²) in [6.45, 7) is 6.79. The normalized spacial score (nSPS) is 12.7. The van der Waals surface area contributed by atoms with Gasteiger partial charge in [-0.3, -0.25) is 0 Å². The first-order chi connectivity index (χ1) is 7.52. The van der Waals surface area contributed by atoms with Gasteiger partial charge >= 0.3 is 6.09 Å². The number of carbonyl (C=O) groups is 1. The summed E-state index contributed by atoms with van der Waals surface area (Å²) in [4.78, 5) is 11.1. The van der Waals surface area contributed by atoms with Crippen LogP contribution in [0.4, 0.5) is 13.6 Å². The van der Waals surface area contributed by atoms with Gasteiger partial charge in [0.15, 0.2) is 0 Å². The molecule has 1 amide bonds. The van der Waals surface area contributed by atoms with E-state index >= 15 is 0 Å². The van der Waals surface area contributed by atoms with Crippen molar-refractivity contribution >= 4 is 6.09 Å². The van der Waals surface area contributed by atoms with Gasteiger partial charge in [0.25, 0.3) is 5.92 Å². The van der Waals surface area contributed by atoms with E-state index in [0.29, 0.717) is 0 Å². The molecular formula is C11H21F2NO3. The van der Waals surface area contributed by atoms with Crippen LogP contribution in [0.1, 0.15) is 34.6 Å². The van der Waals surface area contributed by atoms with Crippen molar-refractivity contribution in [1.82, 2.24) is 5.32 Å². The minimum Gasteiger partial charge on any atom is -0.444 e. The maximum absolute atomic E-state index is 13.2. The maximum atomic E-state index is 13.2. The number of halogens is 2. The summed E-state index contributed by atoms with van der Waals surface area (Å²) in [7, 11) is 0. The second-order valence-corrected chi connectivity index (χ2v) is 5.07. The molecule has 0 rings (SSSR count). The van der Waals surface area contributed by atoms with Gasteiger partial charge in [0, 0.05) is 0 Å². The van der Waals surface area contributed by atoms with Crippen molar-refractivity contribution < 1.29 is 23.0 Å². The fourth-order valence-electron chi connectivity index (χ4n) is 0.855. The third-order valence-corrected chi connectivity index (χ3v) is 1.52. The first kappa shape index (κ1) is 16.1. The first-order valence-corrected chi connectivity index (χ1v) is 5.48. The van der Waals surface area contributed by atoms with Gasteiger partial charge in [-0.1, -0.05) is 0 Å². The molecule has 0 radical (unpaired) electrons. The molecule has 1 N–H and O–H groups in total.